The molecule has 0 aliphatic carbocycles. The molecule has 0 aliphatic heterocycles. The van der Waals surface area contributed by atoms with E-state index in [0.29, 0.717) is 11.5 Å². The van der Waals surface area contributed by atoms with Crippen molar-refractivity contribution in [3.63, 3.8) is 0 Å². The molecule has 0 bridgehead atoms. The zero-order valence-electron chi connectivity index (χ0n) is 12.8. The summed E-state index contributed by atoms with van der Waals surface area (Å²) in [7, 11) is 0. The monoisotopic (exact) mass is 284 g/mol. The zero-order chi connectivity index (χ0) is 15.6. The van der Waals surface area contributed by atoms with Gasteiger partial charge < -0.3 is 10.4 Å². The maximum absolute atomic E-state index is 11.0. The Morgan fingerprint density at radius 2 is 1.71 bits per heavy atom. The van der Waals surface area contributed by atoms with Crippen molar-refractivity contribution in [2.45, 2.75) is 33.1 Å². The number of pyridine rings is 1. The van der Waals surface area contributed by atoms with Crippen LogP contribution in [-0.2, 0) is 5.41 Å². The summed E-state index contributed by atoms with van der Waals surface area (Å²) in [5.74, 6) is -0.318. The molecule has 2 N–H and O–H groups in total. The van der Waals surface area contributed by atoms with E-state index in [2.05, 4.69) is 43.2 Å². The second-order valence-corrected chi connectivity index (χ2v) is 6.09. The number of rotatable bonds is 3. The predicted octanol–water partition coefficient (Wildman–Crippen LogP) is 4.13. The SMILES string of the molecule is Cc1nc(Nc2ccc(C(C)(C)C)cc2)ccc1C(=O)O. The van der Waals surface area contributed by atoms with Crippen LogP contribution in [0.5, 0.6) is 0 Å². The minimum absolute atomic E-state index is 0.122. The van der Waals surface area contributed by atoms with E-state index >= 15 is 0 Å². The Morgan fingerprint density at radius 1 is 1.10 bits per heavy atom. The van der Waals surface area contributed by atoms with Crippen LogP contribution in [0.3, 0.4) is 0 Å². The van der Waals surface area contributed by atoms with Crippen molar-refractivity contribution < 1.29 is 9.90 Å². The highest BCUT2D eigenvalue weighted by molar-refractivity contribution is 5.89. The number of carbonyl (C=O) groups is 1. The Hall–Kier alpha value is -2.36. The van der Waals surface area contributed by atoms with Crippen LogP contribution in [-0.4, -0.2) is 16.1 Å². The Bertz CT molecular complexity index is 655. The number of hydrogen-bond donors (Lipinski definition) is 2. The van der Waals surface area contributed by atoms with E-state index in [4.69, 9.17) is 5.11 Å². The molecule has 4 heteroatoms. The fourth-order valence-corrected chi connectivity index (χ4v) is 2.06. The van der Waals surface area contributed by atoms with Crippen molar-refractivity contribution in [1.29, 1.82) is 0 Å². The molecular formula is C17H20N2O2. The number of nitrogens with one attached hydrogen (secondary N) is 1. The highest BCUT2D eigenvalue weighted by Crippen LogP contribution is 2.24. The molecule has 1 heterocycles. The lowest BCUT2D eigenvalue weighted by atomic mass is 9.87. The number of aryl methyl sites for hydroxylation is 1. The van der Waals surface area contributed by atoms with Gasteiger partial charge in [-0.15, -0.1) is 0 Å². The van der Waals surface area contributed by atoms with Gasteiger partial charge in [0.15, 0.2) is 0 Å². The summed E-state index contributed by atoms with van der Waals surface area (Å²) >= 11 is 0. The van der Waals surface area contributed by atoms with Gasteiger partial charge in [-0.3, -0.25) is 0 Å². The highest BCUT2D eigenvalue weighted by atomic mass is 16.4. The molecule has 0 amide bonds. The van der Waals surface area contributed by atoms with Crippen molar-refractivity contribution in [2.75, 3.05) is 5.32 Å². The molecule has 4 nitrogen and oxygen atoms in total. The topological polar surface area (TPSA) is 62.2 Å². The molecule has 0 aliphatic rings. The van der Waals surface area contributed by atoms with Crippen LogP contribution in [0.25, 0.3) is 0 Å². The van der Waals surface area contributed by atoms with Crippen molar-refractivity contribution in [1.82, 2.24) is 4.98 Å². The summed E-state index contributed by atoms with van der Waals surface area (Å²) in [5.41, 5.74) is 3.04. The fourth-order valence-electron chi connectivity index (χ4n) is 2.06. The van der Waals surface area contributed by atoms with Crippen LogP contribution in [0.4, 0.5) is 11.5 Å². The van der Waals surface area contributed by atoms with Crippen molar-refractivity contribution in [3.05, 3.63) is 53.2 Å². The van der Waals surface area contributed by atoms with Gasteiger partial charge in [0, 0.05) is 5.69 Å². The number of carboxylic acid groups (broad SMARTS) is 1. The number of aromatic carboxylic acids is 1. The maximum Gasteiger partial charge on any atom is 0.337 e. The van der Waals surface area contributed by atoms with Gasteiger partial charge in [-0.2, -0.15) is 0 Å². The van der Waals surface area contributed by atoms with Gasteiger partial charge in [-0.25, -0.2) is 9.78 Å². The third-order valence-electron chi connectivity index (χ3n) is 3.34. The van der Waals surface area contributed by atoms with Crippen molar-refractivity contribution in [3.8, 4) is 0 Å². The van der Waals surface area contributed by atoms with Gasteiger partial charge in [-0.1, -0.05) is 32.9 Å². The number of anilines is 2. The molecule has 21 heavy (non-hydrogen) atoms. The molecule has 0 fully saturated rings. The Labute approximate surface area is 124 Å². The average molecular weight is 284 g/mol. The quantitative estimate of drug-likeness (QED) is 0.889. The van der Waals surface area contributed by atoms with Gasteiger partial charge in [0.25, 0.3) is 0 Å². The minimum atomic E-state index is -0.957. The average Bonchev–Trinajstić information content (AvgIpc) is 2.38. The molecule has 0 atom stereocenters. The Kier molecular flexibility index (Phi) is 3.98. The van der Waals surface area contributed by atoms with Gasteiger partial charge in [0.2, 0.25) is 0 Å². The van der Waals surface area contributed by atoms with Gasteiger partial charge >= 0.3 is 5.97 Å². The Balaban J connectivity index is 2.19. The lowest BCUT2D eigenvalue weighted by Gasteiger charge is -2.19. The van der Waals surface area contributed by atoms with Crippen molar-refractivity contribution >= 4 is 17.5 Å². The molecule has 0 unspecified atom stereocenters. The van der Waals surface area contributed by atoms with Gasteiger partial charge in [0.1, 0.15) is 5.82 Å². The maximum atomic E-state index is 11.0. The largest absolute Gasteiger partial charge is 0.478 e. The Morgan fingerprint density at radius 3 is 2.19 bits per heavy atom. The molecule has 1 aromatic heterocycles. The molecule has 0 saturated heterocycles. The van der Waals surface area contributed by atoms with E-state index in [0.717, 1.165) is 5.69 Å². The zero-order valence-corrected chi connectivity index (χ0v) is 12.8. The van der Waals surface area contributed by atoms with Crippen molar-refractivity contribution in [2.24, 2.45) is 0 Å². The lowest BCUT2D eigenvalue weighted by Crippen LogP contribution is -2.10. The smallest absolute Gasteiger partial charge is 0.337 e. The lowest BCUT2D eigenvalue weighted by molar-refractivity contribution is 0.0695. The summed E-state index contributed by atoms with van der Waals surface area (Å²) in [6.45, 7) is 8.21. The van der Waals surface area contributed by atoms with Crippen LogP contribution in [0, 0.1) is 6.92 Å². The molecule has 0 radical (unpaired) electrons. The van der Waals surface area contributed by atoms with Crippen LogP contribution >= 0.6 is 0 Å². The second kappa shape index (κ2) is 5.56. The molecular weight excluding hydrogens is 264 g/mol. The third kappa shape index (κ3) is 3.60. The van der Waals surface area contributed by atoms with E-state index in [-0.39, 0.29) is 11.0 Å². The number of hydrogen-bond acceptors (Lipinski definition) is 3. The van der Waals surface area contributed by atoms with Gasteiger partial charge in [0.05, 0.1) is 11.3 Å². The fraction of sp³-hybridized carbons (Fsp3) is 0.294. The van der Waals surface area contributed by atoms with Crippen LogP contribution in [0.2, 0.25) is 0 Å². The van der Waals surface area contributed by atoms with Crippen LogP contribution in [0.1, 0.15) is 42.4 Å². The summed E-state index contributed by atoms with van der Waals surface area (Å²) in [6.07, 6.45) is 0. The first-order valence-corrected chi connectivity index (χ1v) is 6.86. The minimum Gasteiger partial charge on any atom is -0.478 e. The summed E-state index contributed by atoms with van der Waals surface area (Å²) in [6, 6.07) is 11.4. The molecule has 0 saturated carbocycles. The van der Waals surface area contributed by atoms with Crippen LogP contribution in [0.15, 0.2) is 36.4 Å². The van der Waals surface area contributed by atoms with E-state index < -0.39 is 5.97 Å². The van der Waals surface area contributed by atoms with Crippen LogP contribution < -0.4 is 5.32 Å². The first kappa shape index (κ1) is 15.0. The molecule has 2 aromatic rings. The first-order chi connectivity index (χ1) is 9.77. The third-order valence-corrected chi connectivity index (χ3v) is 3.34. The second-order valence-electron chi connectivity index (χ2n) is 6.09. The molecule has 2 rings (SSSR count). The molecule has 1 aromatic carbocycles. The normalized spacial score (nSPS) is 11.2. The molecule has 0 spiro atoms. The molecule has 110 valence electrons. The number of carboxylic acids is 1. The van der Waals surface area contributed by atoms with E-state index in [9.17, 15) is 4.79 Å². The summed E-state index contributed by atoms with van der Waals surface area (Å²) in [5, 5.41) is 12.2. The standard InChI is InChI=1S/C17H20N2O2/c1-11-14(16(20)21)9-10-15(18-11)19-13-7-5-12(6-8-13)17(2,3)4/h5-10H,1-4H3,(H,18,19)(H,20,21). The number of nitrogens with zero attached hydrogens (tertiary/aromatic N) is 1. The highest BCUT2D eigenvalue weighted by Gasteiger charge is 2.13. The first-order valence-electron chi connectivity index (χ1n) is 6.86. The number of benzene rings is 1. The van der Waals surface area contributed by atoms with Gasteiger partial charge in [-0.05, 0) is 42.2 Å². The van der Waals surface area contributed by atoms with E-state index in [1.54, 1.807) is 19.1 Å². The summed E-state index contributed by atoms with van der Waals surface area (Å²) in [4.78, 5) is 15.2. The number of aromatic nitrogens is 1. The van der Waals surface area contributed by atoms with E-state index in [1.807, 2.05) is 12.1 Å². The van der Waals surface area contributed by atoms with E-state index in [1.165, 1.54) is 5.56 Å². The summed E-state index contributed by atoms with van der Waals surface area (Å²) < 4.78 is 0. The predicted molar refractivity (Wildman–Crippen MR) is 84.4 cm³/mol.